The van der Waals surface area contributed by atoms with Gasteiger partial charge in [-0.1, -0.05) is 0 Å². The molecule has 0 saturated heterocycles. The van der Waals surface area contributed by atoms with Crippen LogP contribution in [0.3, 0.4) is 0 Å². The van der Waals surface area contributed by atoms with E-state index in [1.54, 1.807) is 12.5 Å². The Morgan fingerprint density at radius 1 is 1.50 bits per heavy atom. The third-order valence-electron chi connectivity index (χ3n) is 1.75. The summed E-state index contributed by atoms with van der Waals surface area (Å²) >= 11 is 4.32. The number of rotatable bonds is 1. The van der Waals surface area contributed by atoms with Crippen molar-refractivity contribution in [3.05, 3.63) is 24.7 Å². The molecule has 0 N–H and O–H groups in total. The lowest BCUT2D eigenvalue weighted by Crippen LogP contribution is -1.95. The predicted octanol–water partition coefficient (Wildman–Crippen LogP) is 1.88. The van der Waals surface area contributed by atoms with Crippen LogP contribution in [0.25, 0.3) is 11.2 Å². The monoisotopic (exact) mass is 179 g/mol. The van der Waals surface area contributed by atoms with Gasteiger partial charge >= 0.3 is 0 Å². The van der Waals surface area contributed by atoms with E-state index in [0.29, 0.717) is 0 Å². The Labute approximate surface area is 75.9 Å². The predicted molar refractivity (Wildman–Crippen MR) is 51.2 cm³/mol. The Bertz CT molecular complexity index is 394. The van der Waals surface area contributed by atoms with Crippen LogP contribution in [0.2, 0.25) is 0 Å². The zero-order valence-corrected chi connectivity index (χ0v) is 7.57. The highest BCUT2D eigenvalue weighted by Crippen LogP contribution is 2.17. The third kappa shape index (κ3) is 1.08. The van der Waals surface area contributed by atoms with Gasteiger partial charge in [0, 0.05) is 6.20 Å². The largest absolute Gasteiger partial charge is 0.317 e. The Kier molecular flexibility index (Phi) is 1.77. The number of nitrogens with zero attached hydrogens (tertiary/aromatic N) is 3. The first-order chi connectivity index (χ1) is 5.79. The van der Waals surface area contributed by atoms with Crippen molar-refractivity contribution in [2.75, 3.05) is 0 Å². The number of fused-ring (bicyclic) bond motifs is 1. The van der Waals surface area contributed by atoms with Gasteiger partial charge in [-0.2, -0.15) is 12.6 Å². The molecule has 2 aromatic rings. The van der Waals surface area contributed by atoms with Crippen LogP contribution in [0.15, 0.2) is 24.7 Å². The van der Waals surface area contributed by atoms with Crippen molar-refractivity contribution in [3.8, 4) is 0 Å². The highest BCUT2D eigenvalue weighted by molar-refractivity contribution is 7.80. The lowest BCUT2D eigenvalue weighted by molar-refractivity contribution is 0.769. The fraction of sp³-hybridized carbons (Fsp3) is 0.250. The zero-order chi connectivity index (χ0) is 8.55. The lowest BCUT2D eigenvalue weighted by Gasteiger charge is -2.05. The molecule has 0 aliphatic rings. The molecule has 0 aliphatic carbocycles. The van der Waals surface area contributed by atoms with E-state index >= 15 is 0 Å². The van der Waals surface area contributed by atoms with Crippen LogP contribution >= 0.6 is 12.6 Å². The van der Waals surface area contributed by atoms with Crippen molar-refractivity contribution in [2.24, 2.45) is 0 Å². The summed E-state index contributed by atoms with van der Waals surface area (Å²) in [7, 11) is 0. The van der Waals surface area contributed by atoms with Gasteiger partial charge in [0.15, 0.2) is 5.65 Å². The van der Waals surface area contributed by atoms with Crippen molar-refractivity contribution in [3.63, 3.8) is 0 Å². The molecule has 4 heteroatoms. The van der Waals surface area contributed by atoms with Crippen LogP contribution in [0.5, 0.6) is 0 Å². The summed E-state index contributed by atoms with van der Waals surface area (Å²) in [6, 6.07) is 3.89. The molecule has 1 unspecified atom stereocenters. The Hall–Kier alpha value is -1.03. The minimum absolute atomic E-state index is 0.138. The van der Waals surface area contributed by atoms with E-state index in [9.17, 15) is 0 Å². The molecule has 0 aromatic carbocycles. The van der Waals surface area contributed by atoms with E-state index < -0.39 is 0 Å². The smallest absolute Gasteiger partial charge is 0.177 e. The molecule has 3 nitrogen and oxygen atoms in total. The van der Waals surface area contributed by atoms with Crippen molar-refractivity contribution >= 4 is 23.8 Å². The second-order valence-corrected chi connectivity index (χ2v) is 3.38. The number of thiol groups is 1. The Morgan fingerprint density at radius 3 is 3.08 bits per heavy atom. The Morgan fingerprint density at radius 2 is 2.33 bits per heavy atom. The maximum Gasteiger partial charge on any atom is 0.177 e. The third-order valence-corrected chi connectivity index (χ3v) is 2.00. The van der Waals surface area contributed by atoms with Gasteiger partial charge in [-0.05, 0) is 19.1 Å². The number of imidazole rings is 1. The minimum Gasteiger partial charge on any atom is -0.317 e. The van der Waals surface area contributed by atoms with Gasteiger partial charge in [-0.25, -0.2) is 9.97 Å². The standard InChI is InChI=1S/C8H9N3S/c1-6(12)11-5-10-8-7(11)3-2-4-9-8/h2-6,12H,1H3. The van der Waals surface area contributed by atoms with Crippen LogP contribution in [0.4, 0.5) is 0 Å². The van der Waals surface area contributed by atoms with E-state index in [0.717, 1.165) is 11.2 Å². The second-order valence-electron chi connectivity index (χ2n) is 2.63. The van der Waals surface area contributed by atoms with E-state index in [4.69, 9.17) is 0 Å². The topological polar surface area (TPSA) is 30.7 Å². The summed E-state index contributed by atoms with van der Waals surface area (Å²) in [5.41, 5.74) is 1.80. The minimum atomic E-state index is 0.138. The average molecular weight is 179 g/mol. The maximum absolute atomic E-state index is 4.32. The van der Waals surface area contributed by atoms with Crippen molar-refractivity contribution in [1.82, 2.24) is 14.5 Å². The van der Waals surface area contributed by atoms with Crippen LogP contribution in [-0.2, 0) is 0 Å². The normalized spacial score (nSPS) is 13.5. The molecule has 1 atom stereocenters. The van der Waals surface area contributed by atoms with E-state index in [-0.39, 0.29) is 5.37 Å². The molecule has 2 heterocycles. The lowest BCUT2D eigenvalue weighted by atomic mass is 10.4. The van der Waals surface area contributed by atoms with Gasteiger partial charge in [-0.3, -0.25) is 0 Å². The van der Waals surface area contributed by atoms with Gasteiger partial charge in [0.1, 0.15) is 0 Å². The first-order valence-corrected chi connectivity index (χ1v) is 4.26. The summed E-state index contributed by atoms with van der Waals surface area (Å²) in [6.45, 7) is 2.00. The first kappa shape index (κ1) is 7.61. The van der Waals surface area contributed by atoms with Crippen molar-refractivity contribution in [2.45, 2.75) is 12.3 Å². The number of hydrogen-bond donors (Lipinski definition) is 1. The van der Waals surface area contributed by atoms with Crippen LogP contribution in [0, 0.1) is 0 Å². The SMILES string of the molecule is CC(S)n1cnc2ncccc21. The molecule has 2 aromatic heterocycles. The molecule has 0 radical (unpaired) electrons. The molecule has 2 rings (SSSR count). The molecule has 0 amide bonds. The molecule has 0 bridgehead atoms. The van der Waals surface area contributed by atoms with Crippen molar-refractivity contribution in [1.29, 1.82) is 0 Å². The van der Waals surface area contributed by atoms with Gasteiger partial charge in [0.05, 0.1) is 17.2 Å². The van der Waals surface area contributed by atoms with Gasteiger partial charge in [0.25, 0.3) is 0 Å². The molecule has 12 heavy (non-hydrogen) atoms. The second kappa shape index (κ2) is 2.79. The van der Waals surface area contributed by atoms with E-state index in [1.165, 1.54) is 0 Å². The van der Waals surface area contributed by atoms with Gasteiger partial charge in [0.2, 0.25) is 0 Å². The van der Waals surface area contributed by atoms with E-state index in [1.807, 2.05) is 23.6 Å². The highest BCUT2D eigenvalue weighted by atomic mass is 32.1. The zero-order valence-electron chi connectivity index (χ0n) is 6.68. The summed E-state index contributed by atoms with van der Waals surface area (Å²) in [6.07, 6.45) is 3.50. The number of pyridine rings is 1. The van der Waals surface area contributed by atoms with Crippen LogP contribution in [-0.4, -0.2) is 14.5 Å². The summed E-state index contributed by atoms with van der Waals surface area (Å²) in [5.74, 6) is 0. The van der Waals surface area contributed by atoms with Crippen LogP contribution < -0.4 is 0 Å². The molecule has 0 fully saturated rings. The highest BCUT2D eigenvalue weighted by Gasteiger charge is 2.04. The quantitative estimate of drug-likeness (QED) is 0.677. The molecular formula is C8H9N3S. The van der Waals surface area contributed by atoms with Crippen molar-refractivity contribution < 1.29 is 0 Å². The number of hydrogen-bond acceptors (Lipinski definition) is 3. The summed E-state index contributed by atoms with van der Waals surface area (Å²) < 4.78 is 1.98. The molecule has 0 spiro atoms. The van der Waals surface area contributed by atoms with Crippen LogP contribution in [0.1, 0.15) is 12.3 Å². The Balaban J connectivity index is 2.70. The average Bonchev–Trinajstić information content (AvgIpc) is 2.47. The molecular weight excluding hydrogens is 170 g/mol. The molecule has 0 saturated carbocycles. The number of aromatic nitrogens is 3. The summed E-state index contributed by atoms with van der Waals surface area (Å²) in [4.78, 5) is 8.26. The fourth-order valence-corrected chi connectivity index (χ4v) is 1.35. The maximum atomic E-state index is 4.32. The van der Waals surface area contributed by atoms with Gasteiger partial charge < -0.3 is 4.57 Å². The molecule has 62 valence electrons. The first-order valence-electron chi connectivity index (χ1n) is 3.74. The van der Waals surface area contributed by atoms with E-state index in [2.05, 4.69) is 22.6 Å². The summed E-state index contributed by atoms with van der Waals surface area (Å²) in [5, 5.41) is 0.138. The van der Waals surface area contributed by atoms with Gasteiger partial charge in [-0.15, -0.1) is 0 Å². The fourth-order valence-electron chi connectivity index (χ4n) is 1.17. The molecule has 0 aliphatic heterocycles.